The maximum atomic E-state index is 12.6. The SMILES string of the molecule is Cc1nc([C@H]2CCCN(C(=O)Nc3ccc4occc(=O)c4c3)C2)no1. The molecule has 134 valence electrons. The molecule has 1 atom stereocenters. The first-order valence-electron chi connectivity index (χ1n) is 8.48. The lowest BCUT2D eigenvalue weighted by molar-refractivity contribution is 0.190. The Morgan fingerprint density at radius 3 is 3.04 bits per heavy atom. The Balaban J connectivity index is 1.49. The molecule has 2 amide bonds. The van der Waals surface area contributed by atoms with Gasteiger partial charge in [-0.3, -0.25) is 4.79 Å². The molecule has 1 aromatic carbocycles. The lowest BCUT2D eigenvalue weighted by Crippen LogP contribution is -2.41. The molecule has 4 rings (SSSR count). The van der Waals surface area contributed by atoms with Crippen molar-refractivity contribution < 1.29 is 13.7 Å². The number of benzene rings is 1. The van der Waals surface area contributed by atoms with Crippen molar-refractivity contribution in [1.29, 1.82) is 0 Å². The zero-order valence-electron chi connectivity index (χ0n) is 14.3. The Labute approximate surface area is 148 Å². The lowest BCUT2D eigenvalue weighted by atomic mass is 9.98. The number of amides is 2. The Morgan fingerprint density at radius 1 is 1.35 bits per heavy atom. The van der Waals surface area contributed by atoms with Gasteiger partial charge in [-0.1, -0.05) is 5.16 Å². The summed E-state index contributed by atoms with van der Waals surface area (Å²) in [5.41, 5.74) is 0.896. The van der Waals surface area contributed by atoms with Crippen LogP contribution in [0.15, 0.2) is 44.3 Å². The van der Waals surface area contributed by atoms with Crippen molar-refractivity contribution in [3.05, 3.63) is 52.5 Å². The quantitative estimate of drug-likeness (QED) is 0.759. The van der Waals surface area contributed by atoms with Gasteiger partial charge in [-0.15, -0.1) is 0 Å². The highest BCUT2D eigenvalue weighted by atomic mass is 16.5. The Bertz CT molecular complexity index is 1010. The van der Waals surface area contributed by atoms with Gasteiger partial charge in [0, 0.05) is 37.7 Å². The minimum Gasteiger partial charge on any atom is -0.464 e. The molecule has 1 fully saturated rings. The normalized spacial score (nSPS) is 17.4. The number of carbonyl (C=O) groups excluding carboxylic acids is 1. The minimum atomic E-state index is -0.213. The van der Waals surface area contributed by atoms with Gasteiger partial charge in [-0.05, 0) is 31.0 Å². The Morgan fingerprint density at radius 2 is 2.23 bits per heavy atom. The highest BCUT2D eigenvalue weighted by Gasteiger charge is 2.27. The van der Waals surface area contributed by atoms with Crippen LogP contribution in [0.4, 0.5) is 10.5 Å². The van der Waals surface area contributed by atoms with Crippen LogP contribution in [-0.2, 0) is 0 Å². The second kappa shape index (κ2) is 6.62. The summed E-state index contributed by atoms with van der Waals surface area (Å²) in [4.78, 5) is 30.5. The number of rotatable bonds is 2. The number of hydrogen-bond donors (Lipinski definition) is 1. The second-order valence-corrected chi connectivity index (χ2v) is 6.38. The molecule has 2 aromatic heterocycles. The zero-order chi connectivity index (χ0) is 18.1. The van der Waals surface area contributed by atoms with Crippen LogP contribution in [0.1, 0.15) is 30.5 Å². The molecule has 8 nitrogen and oxygen atoms in total. The number of nitrogens with zero attached hydrogens (tertiary/aromatic N) is 3. The molecule has 0 aliphatic carbocycles. The van der Waals surface area contributed by atoms with Gasteiger partial charge in [0.25, 0.3) is 0 Å². The predicted octanol–water partition coefficient (Wildman–Crippen LogP) is 2.90. The van der Waals surface area contributed by atoms with Crippen molar-refractivity contribution in [2.24, 2.45) is 0 Å². The number of carbonyl (C=O) groups is 1. The number of nitrogens with one attached hydrogen (secondary N) is 1. The number of fused-ring (bicyclic) bond motifs is 1. The molecule has 0 radical (unpaired) electrons. The fraction of sp³-hybridized carbons (Fsp3) is 0.333. The first kappa shape index (κ1) is 16.3. The maximum absolute atomic E-state index is 12.6. The van der Waals surface area contributed by atoms with Gasteiger partial charge in [0.05, 0.1) is 11.6 Å². The topological polar surface area (TPSA) is 101 Å². The number of hydrogen-bond acceptors (Lipinski definition) is 6. The Kier molecular flexibility index (Phi) is 4.16. The van der Waals surface area contributed by atoms with Gasteiger partial charge >= 0.3 is 6.03 Å². The van der Waals surface area contributed by atoms with E-state index >= 15 is 0 Å². The fourth-order valence-electron chi connectivity index (χ4n) is 3.22. The smallest absolute Gasteiger partial charge is 0.321 e. The molecule has 3 heterocycles. The molecule has 0 unspecified atom stereocenters. The van der Waals surface area contributed by atoms with Crippen molar-refractivity contribution in [2.75, 3.05) is 18.4 Å². The zero-order valence-corrected chi connectivity index (χ0v) is 14.3. The van der Waals surface area contributed by atoms with Crippen molar-refractivity contribution >= 4 is 22.7 Å². The first-order chi connectivity index (χ1) is 12.6. The molecule has 8 heteroatoms. The van der Waals surface area contributed by atoms with Gasteiger partial charge < -0.3 is 19.2 Å². The predicted molar refractivity (Wildman–Crippen MR) is 94.1 cm³/mol. The summed E-state index contributed by atoms with van der Waals surface area (Å²) in [7, 11) is 0. The van der Waals surface area contributed by atoms with E-state index in [1.54, 1.807) is 30.0 Å². The highest BCUT2D eigenvalue weighted by Crippen LogP contribution is 2.25. The van der Waals surface area contributed by atoms with E-state index in [4.69, 9.17) is 8.94 Å². The number of aromatic nitrogens is 2. The van der Waals surface area contributed by atoms with Crippen LogP contribution < -0.4 is 10.7 Å². The summed E-state index contributed by atoms with van der Waals surface area (Å²) in [6.45, 7) is 2.94. The summed E-state index contributed by atoms with van der Waals surface area (Å²) in [5.74, 6) is 1.23. The van der Waals surface area contributed by atoms with Crippen LogP contribution in [-0.4, -0.2) is 34.2 Å². The molecular formula is C18H18N4O4. The van der Waals surface area contributed by atoms with Crippen LogP contribution in [0.25, 0.3) is 11.0 Å². The van der Waals surface area contributed by atoms with E-state index in [1.165, 1.54) is 12.3 Å². The number of aryl methyl sites for hydroxylation is 1. The van der Waals surface area contributed by atoms with E-state index in [-0.39, 0.29) is 17.4 Å². The molecular weight excluding hydrogens is 336 g/mol. The largest absolute Gasteiger partial charge is 0.464 e. The molecule has 1 aliphatic rings. The molecule has 1 N–H and O–H groups in total. The van der Waals surface area contributed by atoms with Gasteiger partial charge in [0.1, 0.15) is 5.58 Å². The number of likely N-dealkylation sites (tertiary alicyclic amines) is 1. The molecule has 0 spiro atoms. The van der Waals surface area contributed by atoms with Crippen LogP contribution in [0.2, 0.25) is 0 Å². The van der Waals surface area contributed by atoms with Crippen LogP contribution >= 0.6 is 0 Å². The first-order valence-corrected chi connectivity index (χ1v) is 8.48. The van der Waals surface area contributed by atoms with E-state index < -0.39 is 0 Å². The summed E-state index contributed by atoms with van der Waals surface area (Å²) in [6, 6.07) is 6.16. The van der Waals surface area contributed by atoms with Crippen molar-refractivity contribution in [3.8, 4) is 0 Å². The summed E-state index contributed by atoms with van der Waals surface area (Å²) >= 11 is 0. The third kappa shape index (κ3) is 3.17. The van der Waals surface area contributed by atoms with Crippen molar-refractivity contribution in [1.82, 2.24) is 15.0 Å². The summed E-state index contributed by atoms with van der Waals surface area (Å²) < 4.78 is 10.3. The average Bonchev–Trinajstić information content (AvgIpc) is 3.09. The minimum absolute atomic E-state index is 0.0654. The van der Waals surface area contributed by atoms with Gasteiger partial charge in [0.2, 0.25) is 5.89 Å². The summed E-state index contributed by atoms with van der Waals surface area (Å²) in [6.07, 6.45) is 3.14. The van der Waals surface area contributed by atoms with Crippen molar-refractivity contribution in [3.63, 3.8) is 0 Å². The van der Waals surface area contributed by atoms with E-state index in [0.717, 1.165) is 12.8 Å². The van der Waals surface area contributed by atoms with E-state index in [0.29, 0.717) is 41.5 Å². The van der Waals surface area contributed by atoms with Crippen molar-refractivity contribution in [2.45, 2.75) is 25.7 Å². The van der Waals surface area contributed by atoms with Crippen LogP contribution in [0.3, 0.4) is 0 Å². The Hall–Kier alpha value is -3.16. The molecule has 26 heavy (non-hydrogen) atoms. The van der Waals surface area contributed by atoms with Crippen LogP contribution in [0.5, 0.6) is 0 Å². The van der Waals surface area contributed by atoms with E-state index in [9.17, 15) is 9.59 Å². The third-order valence-electron chi connectivity index (χ3n) is 4.53. The fourth-order valence-corrected chi connectivity index (χ4v) is 3.22. The number of piperidine rings is 1. The maximum Gasteiger partial charge on any atom is 0.321 e. The molecule has 0 bridgehead atoms. The molecule has 3 aromatic rings. The van der Waals surface area contributed by atoms with E-state index in [2.05, 4.69) is 15.5 Å². The molecule has 0 saturated carbocycles. The third-order valence-corrected chi connectivity index (χ3v) is 4.53. The standard InChI is InChI=1S/C18H18N4O4/c1-11-19-17(21-26-11)12-3-2-7-22(10-12)18(24)20-13-4-5-16-14(9-13)15(23)6-8-25-16/h4-6,8-9,12H,2-3,7,10H2,1H3,(H,20,24)/t12-/m0/s1. The molecule has 1 saturated heterocycles. The number of anilines is 1. The number of urea groups is 1. The monoisotopic (exact) mass is 354 g/mol. The van der Waals surface area contributed by atoms with E-state index in [1.807, 2.05) is 0 Å². The lowest BCUT2D eigenvalue weighted by Gasteiger charge is -2.31. The average molecular weight is 354 g/mol. The van der Waals surface area contributed by atoms with Crippen LogP contribution in [0, 0.1) is 6.92 Å². The summed E-state index contributed by atoms with van der Waals surface area (Å²) in [5, 5.41) is 7.26. The van der Waals surface area contributed by atoms with Gasteiger partial charge in [-0.2, -0.15) is 4.98 Å². The van der Waals surface area contributed by atoms with Gasteiger partial charge in [-0.25, -0.2) is 4.79 Å². The highest BCUT2D eigenvalue weighted by molar-refractivity contribution is 5.92. The molecule has 1 aliphatic heterocycles. The second-order valence-electron chi connectivity index (χ2n) is 6.38. The van der Waals surface area contributed by atoms with Gasteiger partial charge in [0.15, 0.2) is 11.3 Å².